The molecule has 2 saturated carbocycles. The molecule has 2 heterocycles. The number of imidazole rings is 1. The van der Waals surface area contributed by atoms with Crippen molar-refractivity contribution in [3.8, 4) is 17.0 Å². The molecule has 164 valence electrons. The van der Waals surface area contributed by atoms with Crippen LogP contribution in [-0.2, 0) is 6.42 Å². The van der Waals surface area contributed by atoms with Crippen LogP contribution in [0, 0.1) is 25.7 Å². The summed E-state index contributed by atoms with van der Waals surface area (Å²) in [6.45, 7) is 8.58. The van der Waals surface area contributed by atoms with Gasteiger partial charge in [0, 0.05) is 24.8 Å². The summed E-state index contributed by atoms with van der Waals surface area (Å²) in [7, 11) is 1.71. The molecule has 0 amide bonds. The van der Waals surface area contributed by atoms with Crippen LogP contribution >= 0.6 is 11.6 Å². The first-order valence-corrected chi connectivity index (χ1v) is 11.8. The lowest BCUT2D eigenvalue weighted by atomic mass is 10.0. The number of aromatic nitrogens is 3. The highest BCUT2D eigenvalue weighted by molar-refractivity contribution is 6.29. The van der Waals surface area contributed by atoms with Crippen LogP contribution < -0.4 is 9.64 Å². The molecule has 0 aliphatic heterocycles. The number of nitrogens with zero attached hydrogens (tertiary/aromatic N) is 4. The SMILES string of the molecule is CCc1nc2c(-c3c(C)cc(C)cc3OC)nc(Cl)cn2c1N(CC1CC1)CC1CC1. The molecule has 0 N–H and O–H groups in total. The number of ether oxygens (including phenoxy) is 1. The largest absolute Gasteiger partial charge is 0.496 e. The highest BCUT2D eigenvalue weighted by Crippen LogP contribution is 2.40. The molecule has 1 aromatic carbocycles. The molecule has 5 nitrogen and oxygen atoms in total. The van der Waals surface area contributed by atoms with E-state index in [0.29, 0.717) is 5.15 Å². The molecular weight excluding hydrogens is 408 g/mol. The summed E-state index contributed by atoms with van der Waals surface area (Å²) in [5, 5.41) is 0.476. The minimum absolute atomic E-state index is 0.476. The second-order valence-electron chi connectivity index (χ2n) is 9.29. The topological polar surface area (TPSA) is 42.7 Å². The monoisotopic (exact) mass is 438 g/mol. The Balaban J connectivity index is 1.72. The predicted octanol–water partition coefficient (Wildman–Crippen LogP) is 5.86. The van der Waals surface area contributed by atoms with Crippen molar-refractivity contribution in [2.75, 3.05) is 25.1 Å². The number of anilines is 1. The van der Waals surface area contributed by atoms with Gasteiger partial charge in [0.15, 0.2) is 5.65 Å². The van der Waals surface area contributed by atoms with E-state index in [2.05, 4.69) is 42.2 Å². The Morgan fingerprint density at radius 2 is 1.77 bits per heavy atom. The first-order chi connectivity index (χ1) is 15.0. The standard InChI is InChI=1S/C25H31ClN4O/c1-5-19-25(29(12-17-6-7-17)13-18-8-9-18)30-14-21(26)28-23(24(30)27-19)22-16(3)10-15(2)11-20(22)31-4/h10-11,14,17-18H,5-9,12-13H2,1-4H3. The van der Waals surface area contributed by atoms with E-state index >= 15 is 0 Å². The van der Waals surface area contributed by atoms with Gasteiger partial charge in [-0.05, 0) is 75.0 Å². The summed E-state index contributed by atoms with van der Waals surface area (Å²) in [4.78, 5) is 12.4. The smallest absolute Gasteiger partial charge is 0.165 e. The fraction of sp³-hybridized carbons (Fsp3) is 0.520. The van der Waals surface area contributed by atoms with Gasteiger partial charge >= 0.3 is 0 Å². The van der Waals surface area contributed by atoms with Crippen LogP contribution in [0.4, 0.5) is 5.82 Å². The zero-order valence-electron chi connectivity index (χ0n) is 18.9. The molecule has 5 rings (SSSR count). The molecule has 0 bridgehead atoms. The van der Waals surface area contributed by atoms with Gasteiger partial charge in [-0.1, -0.05) is 24.6 Å². The molecule has 2 aliphatic rings. The van der Waals surface area contributed by atoms with Gasteiger partial charge in [0.2, 0.25) is 0 Å². The van der Waals surface area contributed by atoms with E-state index in [0.717, 1.165) is 70.8 Å². The molecule has 0 radical (unpaired) electrons. The molecule has 2 aromatic heterocycles. The molecule has 0 spiro atoms. The Bertz CT molecular complexity index is 1120. The molecule has 3 aromatic rings. The van der Waals surface area contributed by atoms with E-state index in [1.54, 1.807) is 7.11 Å². The van der Waals surface area contributed by atoms with Crippen molar-refractivity contribution >= 4 is 23.1 Å². The van der Waals surface area contributed by atoms with Crippen LogP contribution in [0.1, 0.15) is 49.4 Å². The van der Waals surface area contributed by atoms with Gasteiger partial charge < -0.3 is 9.64 Å². The average molecular weight is 439 g/mol. The van der Waals surface area contributed by atoms with E-state index in [-0.39, 0.29) is 0 Å². The maximum atomic E-state index is 6.60. The van der Waals surface area contributed by atoms with Crippen LogP contribution in [0.3, 0.4) is 0 Å². The first-order valence-electron chi connectivity index (χ1n) is 11.5. The summed E-state index contributed by atoms with van der Waals surface area (Å²) in [6.07, 6.45) is 8.17. The quantitative estimate of drug-likeness (QED) is 0.441. The normalized spacial score (nSPS) is 16.2. The first kappa shape index (κ1) is 20.6. The predicted molar refractivity (Wildman–Crippen MR) is 126 cm³/mol. The third kappa shape index (κ3) is 4.00. The lowest BCUT2D eigenvalue weighted by molar-refractivity contribution is 0.415. The fourth-order valence-electron chi connectivity index (χ4n) is 4.66. The number of hydrogen-bond donors (Lipinski definition) is 0. The second kappa shape index (κ2) is 8.01. The van der Waals surface area contributed by atoms with Crippen LogP contribution in [0.5, 0.6) is 5.75 Å². The van der Waals surface area contributed by atoms with Gasteiger partial charge in [-0.25, -0.2) is 9.97 Å². The van der Waals surface area contributed by atoms with Crippen molar-refractivity contribution in [3.05, 3.63) is 40.3 Å². The molecule has 6 heteroatoms. The van der Waals surface area contributed by atoms with Gasteiger partial charge in [0.25, 0.3) is 0 Å². The van der Waals surface area contributed by atoms with E-state index in [1.807, 2.05) is 6.20 Å². The minimum Gasteiger partial charge on any atom is -0.496 e. The maximum absolute atomic E-state index is 6.60. The van der Waals surface area contributed by atoms with Crippen LogP contribution in [0.25, 0.3) is 16.9 Å². The van der Waals surface area contributed by atoms with E-state index < -0.39 is 0 Å². The molecule has 31 heavy (non-hydrogen) atoms. The zero-order chi connectivity index (χ0) is 21.7. The number of rotatable bonds is 8. The van der Waals surface area contributed by atoms with Crippen molar-refractivity contribution in [3.63, 3.8) is 0 Å². The third-order valence-corrected chi connectivity index (χ3v) is 6.69. The molecule has 0 unspecified atom stereocenters. The molecule has 0 saturated heterocycles. The molecule has 2 aliphatic carbocycles. The number of fused-ring (bicyclic) bond motifs is 1. The number of halogens is 1. The Kier molecular flexibility index (Phi) is 5.33. The summed E-state index contributed by atoms with van der Waals surface area (Å²) in [5.41, 5.74) is 6.02. The Morgan fingerprint density at radius 3 is 2.35 bits per heavy atom. The van der Waals surface area contributed by atoms with Crippen molar-refractivity contribution in [2.24, 2.45) is 11.8 Å². The van der Waals surface area contributed by atoms with Crippen molar-refractivity contribution < 1.29 is 4.74 Å². The van der Waals surface area contributed by atoms with Crippen LogP contribution in [-0.4, -0.2) is 34.6 Å². The Hall–Kier alpha value is -2.27. The lowest BCUT2D eigenvalue weighted by Crippen LogP contribution is -2.30. The second-order valence-corrected chi connectivity index (χ2v) is 9.68. The fourth-order valence-corrected chi connectivity index (χ4v) is 4.84. The number of hydrogen-bond acceptors (Lipinski definition) is 4. The average Bonchev–Trinajstić information content (AvgIpc) is 3.66. The van der Waals surface area contributed by atoms with Gasteiger partial charge in [0.05, 0.1) is 12.8 Å². The van der Waals surface area contributed by atoms with Gasteiger partial charge in [-0.2, -0.15) is 0 Å². The Morgan fingerprint density at radius 1 is 1.10 bits per heavy atom. The Labute approximate surface area is 189 Å². The van der Waals surface area contributed by atoms with Crippen molar-refractivity contribution in [1.82, 2.24) is 14.4 Å². The van der Waals surface area contributed by atoms with Crippen molar-refractivity contribution in [2.45, 2.75) is 52.9 Å². The minimum atomic E-state index is 0.476. The van der Waals surface area contributed by atoms with E-state index in [4.69, 9.17) is 26.3 Å². The highest BCUT2D eigenvalue weighted by atomic mass is 35.5. The van der Waals surface area contributed by atoms with E-state index in [9.17, 15) is 0 Å². The van der Waals surface area contributed by atoms with Gasteiger partial charge in [-0.3, -0.25) is 4.40 Å². The van der Waals surface area contributed by atoms with Crippen LogP contribution in [0.2, 0.25) is 5.15 Å². The van der Waals surface area contributed by atoms with Crippen LogP contribution in [0.15, 0.2) is 18.3 Å². The highest BCUT2D eigenvalue weighted by Gasteiger charge is 2.32. The van der Waals surface area contributed by atoms with Crippen molar-refractivity contribution in [1.29, 1.82) is 0 Å². The van der Waals surface area contributed by atoms with Gasteiger partial charge in [-0.15, -0.1) is 0 Å². The lowest BCUT2D eigenvalue weighted by Gasteiger charge is -2.25. The summed E-state index contributed by atoms with van der Waals surface area (Å²) in [6, 6.07) is 4.21. The molecule has 2 fully saturated rings. The molecular formula is C25H31ClN4O. The number of methoxy groups -OCH3 is 1. The number of benzene rings is 1. The maximum Gasteiger partial charge on any atom is 0.165 e. The zero-order valence-corrected chi connectivity index (χ0v) is 19.7. The third-order valence-electron chi connectivity index (χ3n) is 6.51. The molecule has 0 atom stereocenters. The van der Waals surface area contributed by atoms with E-state index in [1.165, 1.54) is 31.5 Å². The summed E-state index contributed by atoms with van der Waals surface area (Å²) < 4.78 is 7.94. The number of aryl methyl sites for hydroxylation is 3. The summed E-state index contributed by atoms with van der Waals surface area (Å²) >= 11 is 6.60. The van der Waals surface area contributed by atoms with Gasteiger partial charge in [0.1, 0.15) is 22.4 Å². The summed E-state index contributed by atoms with van der Waals surface area (Å²) in [5.74, 6) is 3.63.